The van der Waals surface area contributed by atoms with E-state index in [1.165, 1.54) is 0 Å². The molecule has 0 radical (unpaired) electrons. The molecule has 1 aliphatic carbocycles. The van der Waals surface area contributed by atoms with Crippen molar-refractivity contribution in [2.45, 2.75) is 38.8 Å². The Hall–Kier alpha value is -2.66. The molecule has 140 valence electrons. The van der Waals surface area contributed by atoms with Crippen molar-refractivity contribution in [1.82, 2.24) is 0 Å². The lowest BCUT2D eigenvalue weighted by molar-refractivity contribution is -0.117. The molecule has 1 amide bonds. The number of carbonyl (C=O) groups is 2. The van der Waals surface area contributed by atoms with Gasteiger partial charge in [0.15, 0.2) is 0 Å². The average Bonchev–Trinajstić information content (AvgIpc) is 3.48. The van der Waals surface area contributed by atoms with Gasteiger partial charge in [0, 0.05) is 24.7 Å². The lowest BCUT2D eigenvalue weighted by Gasteiger charge is -2.44. The first kappa shape index (κ1) is 17.7. The summed E-state index contributed by atoms with van der Waals surface area (Å²) in [6, 6.07) is 12.9. The van der Waals surface area contributed by atoms with Crippen LogP contribution in [0.1, 0.15) is 48.7 Å². The number of hydrogen-bond acceptors (Lipinski definition) is 3. The number of nitrogens with two attached hydrogens (primary N) is 1. The zero-order valence-corrected chi connectivity index (χ0v) is 15.6. The quantitative estimate of drug-likeness (QED) is 0.867. The minimum atomic E-state index is -0.939. The number of carboxylic acid groups (broad SMARTS) is 1. The third-order valence-electron chi connectivity index (χ3n) is 5.96. The Balaban J connectivity index is 1.76. The molecule has 0 unspecified atom stereocenters. The van der Waals surface area contributed by atoms with Gasteiger partial charge in [-0.15, -0.1) is 0 Å². The first-order chi connectivity index (χ1) is 12.9. The molecule has 3 N–H and O–H groups in total. The van der Waals surface area contributed by atoms with E-state index >= 15 is 0 Å². The first-order valence-electron chi connectivity index (χ1n) is 9.41. The van der Waals surface area contributed by atoms with Gasteiger partial charge in [0.2, 0.25) is 5.91 Å². The Labute approximate surface area is 158 Å². The fourth-order valence-electron chi connectivity index (χ4n) is 4.37. The normalized spacial score (nSPS) is 24.4. The van der Waals surface area contributed by atoms with E-state index in [1.807, 2.05) is 23.1 Å². The van der Waals surface area contributed by atoms with Gasteiger partial charge in [0.25, 0.3) is 0 Å². The molecular formula is C22H24N2O3. The summed E-state index contributed by atoms with van der Waals surface area (Å²) in [6.45, 7) is 3.77. The van der Waals surface area contributed by atoms with Crippen LogP contribution in [-0.4, -0.2) is 23.0 Å². The summed E-state index contributed by atoms with van der Waals surface area (Å²) in [5.74, 6) is -0.138. The van der Waals surface area contributed by atoms with Crippen molar-refractivity contribution in [2.24, 2.45) is 17.6 Å². The number of carbonyl (C=O) groups excluding carboxylic acids is 1. The summed E-state index contributed by atoms with van der Waals surface area (Å²) in [5, 5.41) is 9.07. The van der Waals surface area contributed by atoms with Gasteiger partial charge in [-0.3, -0.25) is 4.79 Å². The van der Waals surface area contributed by atoms with Gasteiger partial charge in [0.05, 0.1) is 5.56 Å². The predicted molar refractivity (Wildman–Crippen MR) is 105 cm³/mol. The summed E-state index contributed by atoms with van der Waals surface area (Å²) in [4.78, 5) is 25.4. The second-order valence-corrected chi connectivity index (χ2v) is 7.76. The molecule has 5 nitrogen and oxygen atoms in total. The van der Waals surface area contributed by atoms with E-state index in [4.69, 9.17) is 10.8 Å². The predicted octanol–water partition coefficient (Wildman–Crippen LogP) is 3.83. The maximum Gasteiger partial charge on any atom is 0.335 e. The van der Waals surface area contributed by atoms with Gasteiger partial charge < -0.3 is 15.7 Å². The number of hydrogen-bond donors (Lipinski definition) is 2. The molecule has 1 fully saturated rings. The summed E-state index contributed by atoms with van der Waals surface area (Å²) in [6.07, 6.45) is 2.32. The van der Waals surface area contributed by atoms with Gasteiger partial charge in [-0.25, -0.2) is 4.79 Å². The van der Waals surface area contributed by atoms with Crippen LogP contribution in [0.4, 0.5) is 5.69 Å². The highest BCUT2D eigenvalue weighted by molar-refractivity contribution is 5.94. The SMILES string of the molecule is CC(=O)N1c2ccc(-c3ccc(C(=O)O)cc3)cc2[C@H](N)[C@@H](C)[C@@H]1C1CC1. The van der Waals surface area contributed by atoms with E-state index in [1.54, 1.807) is 31.2 Å². The zero-order chi connectivity index (χ0) is 19.3. The van der Waals surface area contributed by atoms with Crippen LogP contribution in [0.5, 0.6) is 0 Å². The fraction of sp³-hybridized carbons (Fsp3) is 0.364. The van der Waals surface area contributed by atoms with Crippen molar-refractivity contribution < 1.29 is 14.7 Å². The highest BCUT2D eigenvalue weighted by Gasteiger charge is 2.46. The van der Waals surface area contributed by atoms with Gasteiger partial charge in [-0.2, -0.15) is 0 Å². The van der Waals surface area contributed by atoms with Crippen LogP contribution in [0.3, 0.4) is 0 Å². The number of aromatic carboxylic acids is 1. The first-order valence-corrected chi connectivity index (χ1v) is 9.41. The summed E-state index contributed by atoms with van der Waals surface area (Å²) in [5.41, 5.74) is 10.7. The minimum Gasteiger partial charge on any atom is -0.478 e. The minimum absolute atomic E-state index is 0.0606. The molecule has 0 bridgehead atoms. The molecule has 0 saturated heterocycles. The highest BCUT2D eigenvalue weighted by Crippen LogP contribution is 2.49. The maximum absolute atomic E-state index is 12.4. The Kier molecular flexibility index (Phi) is 4.27. The molecule has 2 aromatic carbocycles. The van der Waals surface area contributed by atoms with Crippen LogP contribution in [0.2, 0.25) is 0 Å². The monoisotopic (exact) mass is 364 g/mol. The lowest BCUT2D eigenvalue weighted by atomic mass is 9.79. The molecule has 2 aliphatic rings. The standard InChI is InChI=1S/C22H24N2O3/c1-12-20(23)18-11-17(14-3-7-16(8-4-14)22(26)27)9-10-19(18)24(13(2)25)21(12)15-5-6-15/h3-4,7-12,15,20-21H,5-6,23H2,1-2H3,(H,26,27)/t12-,20-,21-/m1/s1. The number of rotatable bonds is 3. The van der Waals surface area contributed by atoms with Crippen LogP contribution < -0.4 is 10.6 Å². The van der Waals surface area contributed by atoms with E-state index in [0.29, 0.717) is 5.92 Å². The second-order valence-electron chi connectivity index (χ2n) is 7.76. The zero-order valence-electron chi connectivity index (χ0n) is 15.6. The van der Waals surface area contributed by atoms with E-state index in [0.717, 1.165) is 35.2 Å². The number of carboxylic acids is 1. The Morgan fingerprint density at radius 3 is 2.26 bits per heavy atom. The molecule has 1 saturated carbocycles. The largest absolute Gasteiger partial charge is 0.478 e. The topological polar surface area (TPSA) is 83.6 Å². The van der Waals surface area contributed by atoms with E-state index in [-0.39, 0.29) is 29.5 Å². The molecule has 2 aromatic rings. The van der Waals surface area contributed by atoms with Crippen LogP contribution in [0.25, 0.3) is 11.1 Å². The molecule has 5 heteroatoms. The third-order valence-corrected chi connectivity index (χ3v) is 5.96. The molecule has 3 atom stereocenters. The van der Waals surface area contributed by atoms with E-state index in [9.17, 15) is 9.59 Å². The average molecular weight is 364 g/mol. The number of nitrogens with zero attached hydrogens (tertiary/aromatic N) is 1. The Morgan fingerprint density at radius 2 is 1.70 bits per heavy atom. The smallest absolute Gasteiger partial charge is 0.335 e. The summed E-state index contributed by atoms with van der Waals surface area (Å²) >= 11 is 0. The molecule has 27 heavy (non-hydrogen) atoms. The number of fused-ring (bicyclic) bond motifs is 1. The molecule has 0 spiro atoms. The van der Waals surface area contributed by atoms with Gasteiger partial charge in [-0.1, -0.05) is 25.1 Å². The lowest BCUT2D eigenvalue weighted by Crippen LogP contribution is -2.51. The van der Waals surface area contributed by atoms with Crippen LogP contribution in [0, 0.1) is 11.8 Å². The second kappa shape index (κ2) is 6.50. The number of benzene rings is 2. The number of anilines is 1. The molecule has 1 heterocycles. The van der Waals surface area contributed by atoms with Crippen LogP contribution in [-0.2, 0) is 4.79 Å². The molecule has 0 aromatic heterocycles. The number of amides is 1. The summed E-state index contributed by atoms with van der Waals surface area (Å²) < 4.78 is 0. The van der Waals surface area contributed by atoms with Crippen molar-refractivity contribution in [2.75, 3.05) is 4.90 Å². The van der Waals surface area contributed by atoms with E-state index in [2.05, 4.69) is 6.92 Å². The van der Waals surface area contributed by atoms with Crippen molar-refractivity contribution in [3.63, 3.8) is 0 Å². The van der Waals surface area contributed by atoms with Gasteiger partial charge >= 0.3 is 5.97 Å². The van der Waals surface area contributed by atoms with Crippen molar-refractivity contribution >= 4 is 17.6 Å². The van der Waals surface area contributed by atoms with Crippen molar-refractivity contribution in [3.8, 4) is 11.1 Å². The van der Waals surface area contributed by atoms with Crippen LogP contribution in [0.15, 0.2) is 42.5 Å². The fourth-order valence-corrected chi connectivity index (χ4v) is 4.37. The van der Waals surface area contributed by atoms with Crippen molar-refractivity contribution in [1.29, 1.82) is 0 Å². The maximum atomic E-state index is 12.4. The van der Waals surface area contributed by atoms with Crippen molar-refractivity contribution in [3.05, 3.63) is 53.6 Å². The van der Waals surface area contributed by atoms with Crippen LogP contribution >= 0.6 is 0 Å². The molecular weight excluding hydrogens is 340 g/mol. The molecule has 1 aliphatic heterocycles. The van der Waals surface area contributed by atoms with Gasteiger partial charge in [-0.05, 0) is 65.6 Å². The Bertz CT molecular complexity index is 902. The van der Waals surface area contributed by atoms with E-state index < -0.39 is 5.97 Å². The highest BCUT2D eigenvalue weighted by atomic mass is 16.4. The Morgan fingerprint density at radius 1 is 1.07 bits per heavy atom. The molecule has 4 rings (SSSR count). The summed E-state index contributed by atoms with van der Waals surface area (Å²) in [7, 11) is 0. The third kappa shape index (κ3) is 3.02. The van der Waals surface area contributed by atoms with Gasteiger partial charge in [0.1, 0.15) is 0 Å².